The molecule has 0 aromatic heterocycles. The second kappa shape index (κ2) is 10.3. The van der Waals surface area contributed by atoms with Gasteiger partial charge in [-0.25, -0.2) is 4.79 Å². The summed E-state index contributed by atoms with van der Waals surface area (Å²) in [5.41, 5.74) is 1.89. The van der Waals surface area contributed by atoms with Crippen molar-refractivity contribution in [2.75, 3.05) is 13.2 Å². The van der Waals surface area contributed by atoms with Gasteiger partial charge >= 0.3 is 5.97 Å². The Kier molecular flexibility index (Phi) is 7.75. The van der Waals surface area contributed by atoms with Crippen LogP contribution in [0.4, 0.5) is 0 Å². The van der Waals surface area contributed by atoms with Crippen LogP contribution in [0.3, 0.4) is 0 Å². The molecule has 0 aliphatic heterocycles. The van der Waals surface area contributed by atoms with E-state index in [2.05, 4.69) is 6.92 Å². The van der Waals surface area contributed by atoms with Crippen molar-refractivity contribution >= 4 is 12.0 Å². The average molecular weight is 354 g/mol. The number of hydrogen-bond donors (Lipinski definition) is 0. The van der Waals surface area contributed by atoms with Gasteiger partial charge < -0.3 is 14.2 Å². The van der Waals surface area contributed by atoms with Crippen molar-refractivity contribution in [1.82, 2.24) is 0 Å². The van der Waals surface area contributed by atoms with Gasteiger partial charge in [-0.05, 0) is 61.7 Å². The zero-order valence-corrected chi connectivity index (χ0v) is 15.7. The lowest BCUT2D eigenvalue weighted by Gasteiger charge is -2.12. The maximum Gasteiger partial charge on any atom is 0.336 e. The molecule has 0 heterocycles. The molecular formula is C22H26O4. The molecule has 2 aromatic carbocycles. The number of esters is 1. The lowest BCUT2D eigenvalue weighted by atomic mass is 10.2. The van der Waals surface area contributed by atoms with E-state index in [1.165, 1.54) is 6.08 Å². The topological polar surface area (TPSA) is 44.8 Å². The van der Waals surface area contributed by atoms with Crippen LogP contribution >= 0.6 is 0 Å². The van der Waals surface area contributed by atoms with Crippen molar-refractivity contribution in [3.8, 4) is 17.2 Å². The van der Waals surface area contributed by atoms with Crippen LogP contribution in [-0.2, 0) is 4.79 Å². The van der Waals surface area contributed by atoms with E-state index in [-0.39, 0.29) is 0 Å². The maximum absolute atomic E-state index is 12.0. The lowest BCUT2D eigenvalue weighted by molar-refractivity contribution is -0.128. The normalized spacial score (nSPS) is 10.7. The van der Waals surface area contributed by atoms with Crippen molar-refractivity contribution in [1.29, 1.82) is 0 Å². The van der Waals surface area contributed by atoms with E-state index in [1.807, 2.05) is 50.2 Å². The van der Waals surface area contributed by atoms with E-state index in [0.717, 1.165) is 29.7 Å². The molecule has 0 aliphatic rings. The van der Waals surface area contributed by atoms with Crippen LogP contribution in [0.2, 0.25) is 0 Å². The number of aryl methyl sites for hydroxylation is 1. The molecular weight excluding hydrogens is 328 g/mol. The van der Waals surface area contributed by atoms with Crippen molar-refractivity contribution in [2.24, 2.45) is 0 Å². The van der Waals surface area contributed by atoms with E-state index in [4.69, 9.17) is 14.2 Å². The van der Waals surface area contributed by atoms with Gasteiger partial charge in [-0.1, -0.05) is 31.5 Å². The monoisotopic (exact) mass is 354 g/mol. The summed E-state index contributed by atoms with van der Waals surface area (Å²) in [5, 5.41) is 0. The Balaban J connectivity index is 2.04. The van der Waals surface area contributed by atoms with Gasteiger partial charge in [0.1, 0.15) is 5.75 Å². The van der Waals surface area contributed by atoms with Gasteiger partial charge in [-0.3, -0.25) is 0 Å². The first kappa shape index (κ1) is 19.6. The summed E-state index contributed by atoms with van der Waals surface area (Å²) >= 11 is 0. The smallest absolute Gasteiger partial charge is 0.336 e. The zero-order chi connectivity index (χ0) is 18.8. The molecule has 0 unspecified atom stereocenters. The third-order valence-corrected chi connectivity index (χ3v) is 3.64. The number of ether oxygens (including phenoxy) is 3. The minimum atomic E-state index is -0.420. The fraction of sp³-hybridized carbons (Fsp3) is 0.318. The van der Waals surface area contributed by atoms with Crippen molar-refractivity contribution in [2.45, 2.75) is 33.6 Å². The average Bonchev–Trinajstić information content (AvgIpc) is 2.62. The summed E-state index contributed by atoms with van der Waals surface area (Å²) in [4.78, 5) is 12.0. The summed E-state index contributed by atoms with van der Waals surface area (Å²) in [6, 6.07) is 13.0. The van der Waals surface area contributed by atoms with Crippen LogP contribution in [0.25, 0.3) is 6.08 Å². The van der Waals surface area contributed by atoms with Gasteiger partial charge in [0.15, 0.2) is 11.5 Å². The summed E-state index contributed by atoms with van der Waals surface area (Å²) < 4.78 is 16.7. The molecule has 26 heavy (non-hydrogen) atoms. The second-order valence-electron chi connectivity index (χ2n) is 5.91. The van der Waals surface area contributed by atoms with Crippen LogP contribution in [0.15, 0.2) is 48.5 Å². The van der Waals surface area contributed by atoms with E-state index in [9.17, 15) is 4.79 Å². The van der Waals surface area contributed by atoms with Crippen LogP contribution in [0.5, 0.6) is 17.2 Å². The predicted molar refractivity (Wildman–Crippen MR) is 104 cm³/mol. The van der Waals surface area contributed by atoms with Crippen molar-refractivity contribution in [3.05, 3.63) is 59.7 Å². The molecule has 0 spiro atoms. The summed E-state index contributed by atoms with van der Waals surface area (Å²) in [7, 11) is 0. The molecule has 4 heteroatoms. The van der Waals surface area contributed by atoms with Gasteiger partial charge in [-0.2, -0.15) is 0 Å². The molecule has 0 saturated carbocycles. The molecule has 0 radical (unpaired) electrons. The zero-order valence-electron chi connectivity index (χ0n) is 15.7. The molecule has 0 N–H and O–H groups in total. The highest BCUT2D eigenvalue weighted by Crippen LogP contribution is 2.29. The van der Waals surface area contributed by atoms with Crippen molar-refractivity contribution < 1.29 is 19.0 Å². The van der Waals surface area contributed by atoms with E-state index >= 15 is 0 Å². The van der Waals surface area contributed by atoms with Gasteiger partial charge in [-0.15, -0.1) is 0 Å². The van der Waals surface area contributed by atoms with E-state index in [1.54, 1.807) is 12.1 Å². The Labute approximate surface area is 155 Å². The molecule has 0 aliphatic carbocycles. The molecule has 4 nitrogen and oxygen atoms in total. The Morgan fingerprint density at radius 1 is 1.04 bits per heavy atom. The lowest BCUT2D eigenvalue weighted by Crippen LogP contribution is -2.03. The number of carbonyl (C=O) groups excluding carboxylic acids is 1. The minimum Gasteiger partial charge on any atom is -0.490 e. The maximum atomic E-state index is 12.0. The summed E-state index contributed by atoms with van der Waals surface area (Å²) in [5.74, 6) is 1.52. The number of hydrogen-bond acceptors (Lipinski definition) is 4. The van der Waals surface area contributed by atoms with Crippen molar-refractivity contribution in [3.63, 3.8) is 0 Å². The van der Waals surface area contributed by atoms with Crippen LogP contribution in [-0.4, -0.2) is 19.2 Å². The van der Waals surface area contributed by atoms with Crippen LogP contribution in [0.1, 0.15) is 37.8 Å². The molecule has 2 aromatic rings. The third-order valence-electron chi connectivity index (χ3n) is 3.64. The quantitative estimate of drug-likeness (QED) is 0.269. The molecule has 138 valence electrons. The highest BCUT2D eigenvalue weighted by molar-refractivity contribution is 5.88. The predicted octanol–water partition coefficient (Wildman–Crippen LogP) is 5.19. The molecule has 0 amide bonds. The summed E-state index contributed by atoms with van der Waals surface area (Å²) in [6.45, 7) is 7.21. The van der Waals surface area contributed by atoms with Gasteiger partial charge in [0.25, 0.3) is 0 Å². The molecule has 0 fully saturated rings. The summed E-state index contributed by atoms with van der Waals surface area (Å²) in [6.07, 6.45) is 5.19. The Morgan fingerprint density at radius 3 is 2.62 bits per heavy atom. The molecule has 2 rings (SSSR count). The van der Waals surface area contributed by atoms with Gasteiger partial charge in [0.05, 0.1) is 13.2 Å². The first-order valence-electron chi connectivity index (χ1n) is 8.98. The standard InChI is InChI=1S/C22H26O4/c1-4-6-14-25-20-12-10-18(16-21(20)24-5-2)11-13-22(23)26-19-9-7-8-17(3)15-19/h7-13,15-16H,4-6,14H2,1-3H3/b13-11+. The van der Waals surface area contributed by atoms with Gasteiger partial charge in [0, 0.05) is 6.08 Å². The first-order chi connectivity index (χ1) is 12.6. The number of unbranched alkanes of at least 4 members (excludes halogenated alkanes) is 1. The third kappa shape index (κ3) is 6.28. The SMILES string of the molecule is CCCCOc1ccc(/C=C/C(=O)Oc2cccc(C)c2)cc1OCC. The fourth-order valence-electron chi connectivity index (χ4n) is 2.34. The van der Waals surface area contributed by atoms with E-state index in [0.29, 0.717) is 24.7 Å². The molecule has 0 atom stereocenters. The number of benzene rings is 2. The number of rotatable bonds is 9. The van der Waals surface area contributed by atoms with Crippen LogP contribution in [0, 0.1) is 6.92 Å². The van der Waals surface area contributed by atoms with Gasteiger partial charge in [0.2, 0.25) is 0 Å². The highest BCUT2D eigenvalue weighted by atomic mass is 16.5. The highest BCUT2D eigenvalue weighted by Gasteiger charge is 2.06. The Morgan fingerprint density at radius 2 is 1.88 bits per heavy atom. The first-order valence-corrected chi connectivity index (χ1v) is 8.98. The molecule has 0 bridgehead atoms. The van der Waals surface area contributed by atoms with E-state index < -0.39 is 5.97 Å². The Bertz CT molecular complexity index is 750. The molecule has 0 saturated heterocycles. The Hall–Kier alpha value is -2.75. The number of carbonyl (C=O) groups is 1. The largest absolute Gasteiger partial charge is 0.490 e. The minimum absolute atomic E-state index is 0.420. The second-order valence-corrected chi connectivity index (χ2v) is 5.91. The van der Waals surface area contributed by atoms with Crippen LogP contribution < -0.4 is 14.2 Å². The fourth-order valence-corrected chi connectivity index (χ4v) is 2.34.